The van der Waals surface area contributed by atoms with E-state index in [4.69, 9.17) is 0 Å². The Bertz CT molecular complexity index is 623. The van der Waals surface area contributed by atoms with Gasteiger partial charge in [-0.2, -0.15) is 0 Å². The summed E-state index contributed by atoms with van der Waals surface area (Å²) in [6, 6.07) is 11.6. The van der Waals surface area contributed by atoms with Crippen molar-refractivity contribution in [2.45, 2.75) is 53.7 Å². The smallest absolute Gasteiger partial charge is 0.0886 e. The van der Waals surface area contributed by atoms with Crippen LogP contribution in [0.5, 0.6) is 0 Å². The van der Waals surface area contributed by atoms with Crippen molar-refractivity contribution in [2.75, 3.05) is 0 Å². The summed E-state index contributed by atoms with van der Waals surface area (Å²) < 4.78 is 14.6. The summed E-state index contributed by atoms with van der Waals surface area (Å²) in [6.45, 7) is 14.0. The van der Waals surface area contributed by atoms with Crippen LogP contribution in [0.2, 0.25) is 53.7 Å². The van der Waals surface area contributed by atoms with Gasteiger partial charge in [0.15, 0.2) is 0 Å². The van der Waals surface area contributed by atoms with Crippen molar-refractivity contribution in [3.8, 4) is 11.4 Å². The van der Waals surface area contributed by atoms with E-state index in [0.29, 0.717) is 0 Å². The largest absolute Gasteiger partial charge is 0.255 e. The molecule has 0 aliphatic carbocycles. The van der Waals surface area contributed by atoms with Crippen LogP contribution in [0.15, 0.2) is 48.8 Å². The zero-order chi connectivity index (χ0) is 19.1. The van der Waals surface area contributed by atoms with Crippen LogP contribution in [0, 0.1) is 0 Å². The van der Waals surface area contributed by atoms with E-state index >= 15 is 0 Å². The average molecular weight is 548 g/mol. The van der Waals surface area contributed by atoms with Crippen LogP contribution < -0.4 is 0 Å². The zero-order valence-electron chi connectivity index (χ0n) is 16.7. The summed E-state index contributed by atoms with van der Waals surface area (Å²) in [4.78, 5) is 8.37. The van der Waals surface area contributed by atoms with Crippen molar-refractivity contribution in [1.29, 1.82) is 0 Å². The van der Waals surface area contributed by atoms with E-state index in [1.165, 1.54) is 0 Å². The first kappa shape index (κ1) is 22.2. The first-order valence-corrected chi connectivity index (χ1v) is 23.6. The summed E-state index contributed by atoms with van der Waals surface area (Å²) in [5, 5.41) is 2.11. The van der Waals surface area contributed by atoms with Gasteiger partial charge in [0.25, 0.3) is 0 Å². The number of hydrogen-bond acceptors (Lipinski definition) is 3. The van der Waals surface area contributed by atoms with Crippen LogP contribution in [0.25, 0.3) is 11.4 Å². The van der Waals surface area contributed by atoms with Crippen molar-refractivity contribution in [3.05, 3.63) is 48.8 Å². The minimum absolute atomic E-state index is 0.915. The van der Waals surface area contributed by atoms with Gasteiger partial charge in [-0.05, 0) is 24.3 Å². The number of rotatable bonds is 5. The van der Waals surface area contributed by atoms with Crippen LogP contribution in [0.3, 0.4) is 0 Å². The fourth-order valence-electron chi connectivity index (χ4n) is 2.77. The Kier molecular flexibility index (Phi) is 8.21. The molecular weight excluding hydrogens is 515 g/mol. The molecule has 0 aliphatic heterocycles. The number of aromatic nitrogens is 2. The molecule has 0 aliphatic rings. The molecule has 0 unspecified atom stereocenters. The molecule has 0 radical (unpaired) electrons. The van der Waals surface area contributed by atoms with E-state index in [9.17, 15) is 3.47 Å². The minimum atomic E-state index is -2.75. The molecule has 140 valence electrons. The van der Waals surface area contributed by atoms with Gasteiger partial charge in [-0.25, -0.2) is 0 Å². The monoisotopic (exact) mass is 548 g/mol. The third-order valence-electron chi connectivity index (χ3n) is 2.96. The number of nitrogens with zero attached hydrogens (tertiary/aromatic N) is 2. The molecule has 0 saturated heterocycles. The molecule has 0 N–H and O–H groups in total. The summed E-state index contributed by atoms with van der Waals surface area (Å²) in [7, 11) is -2.19. The maximum Gasteiger partial charge on any atom is 0.0886 e. The molecule has 0 saturated carbocycles. The molecule has 2 aromatic rings. The van der Waals surface area contributed by atoms with Crippen molar-refractivity contribution in [1.82, 2.24) is 9.97 Å². The van der Waals surface area contributed by atoms with Crippen LogP contribution in [-0.2, 0) is 19.0 Å². The van der Waals surface area contributed by atoms with Crippen LogP contribution in [-0.4, -0.2) is 26.1 Å². The molecule has 6 heteroatoms. The Morgan fingerprint density at radius 2 is 1.12 bits per heavy atom. The molecule has 2 rings (SSSR count). The molecule has 0 amide bonds. The molecule has 3 nitrogen and oxygen atoms in total. The zero-order valence-corrected chi connectivity index (χ0v) is 21.4. The van der Waals surface area contributed by atoms with Crippen molar-refractivity contribution < 1.29 is 19.0 Å². The fourth-order valence-corrected chi connectivity index (χ4v) is 46.2. The molecular formula is C19H33N2OReSi2. The van der Waals surface area contributed by atoms with Gasteiger partial charge in [-0.1, -0.05) is 12.1 Å². The average Bonchev–Trinajstić information content (AvgIpc) is 2.44. The van der Waals surface area contributed by atoms with Gasteiger partial charge in [0.05, 0.1) is 11.4 Å². The SMILES string of the molecule is C[Si](C)(C)[CH2][Re]([CH3])(=[O])[CH2][Si](C)(C)C.c1ccc(-c2ccccn2)nc1. The maximum atomic E-state index is 12.4. The van der Waals surface area contributed by atoms with Crippen molar-refractivity contribution in [3.63, 3.8) is 0 Å². The second-order valence-electron chi connectivity index (χ2n) is 8.91. The number of hydrogen-bond donors (Lipinski definition) is 0. The molecule has 0 fully saturated rings. The van der Waals surface area contributed by atoms with Gasteiger partial charge < -0.3 is 0 Å². The van der Waals surface area contributed by atoms with Gasteiger partial charge in [-0.3, -0.25) is 9.97 Å². The molecule has 0 aromatic carbocycles. The molecule has 25 heavy (non-hydrogen) atoms. The predicted octanol–water partition coefficient (Wildman–Crippen LogP) is 6.27. The third-order valence-corrected chi connectivity index (χ3v) is 35.2. The minimum Gasteiger partial charge on any atom is -0.255 e. The van der Waals surface area contributed by atoms with E-state index in [0.717, 1.165) is 20.4 Å². The van der Waals surface area contributed by atoms with Crippen molar-refractivity contribution >= 4 is 16.1 Å². The van der Waals surface area contributed by atoms with E-state index in [-0.39, 0.29) is 0 Å². The van der Waals surface area contributed by atoms with Crippen LogP contribution in [0.4, 0.5) is 0 Å². The summed E-state index contributed by atoms with van der Waals surface area (Å²) in [5.41, 5.74) is 1.83. The van der Waals surface area contributed by atoms with Crippen LogP contribution >= 0.6 is 0 Å². The first-order valence-electron chi connectivity index (χ1n) is 8.56. The third kappa shape index (κ3) is 10.7. The van der Waals surface area contributed by atoms with Gasteiger partial charge in [0.2, 0.25) is 0 Å². The van der Waals surface area contributed by atoms with Gasteiger partial charge in [0, 0.05) is 12.4 Å². The standard InChI is InChI=1S/C10H8N2.2C4H11Si.CH3.O.Re/c1-3-7-11-9(5-1)10-6-2-4-8-12-10;2*1-5(2,3)4;;;/h1-8H;2*1H2,2-4H3;1H3;;. The molecule has 0 atom stereocenters. The van der Waals surface area contributed by atoms with Gasteiger partial charge in [0.1, 0.15) is 0 Å². The normalized spacial score (nSPS) is 12.9. The second-order valence-corrected chi connectivity index (χ2v) is 33.3. The van der Waals surface area contributed by atoms with Gasteiger partial charge in [-0.15, -0.1) is 0 Å². The van der Waals surface area contributed by atoms with E-state index in [1.54, 1.807) is 12.4 Å². The summed E-state index contributed by atoms with van der Waals surface area (Å²) in [6.07, 6.45) is 3.54. The van der Waals surface area contributed by atoms with E-state index < -0.39 is 31.6 Å². The second kappa shape index (κ2) is 9.23. The van der Waals surface area contributed by atoms with Crippen molar-refractivity contribution in [2.24, 2.45) is 0 Å². The number of pyridine rings is 2. The molecule has 2 heterocycles. The maximum absolute atomic E-state index is 12.4. The molecule has 0 bridgehead atoms. The molecule has 2 aromatic heterocycles. The molecule has 0 spiro atoms. The Morgan fingerprint density at radius 1 is 0.760 bits per heavy atom. The fraction of sp³-hybridized carbons (Fsp3) is 0.474. The van der Waals surface area contributed by atoms with E-state index in [2.05, 4.69) is 54.6 Å². The predicted molar refractivity (Wildman–Crippen MR) is 110 cm³/mol. The summed E-state index contributed by atoms with van der Waals surface area (Å²) in [5.74, 6) is 0. The van der Waals surface area contributed by atoms with Gasteiger partial charge >= 0.3 is 88.8 Å². The summed E-state index contributed by atoms with van der Waals surface area (Å²) >= 11 is -2.75. The Morgan fingerprint density at radius 3 is 1.36 bits per heavy atom. The quantitative estimate of drug-likeness (QED) is 0.415. The first-order chi connectivity index (χ1) is 11.4. The van der Waals surface area contributed by atoms with Crippen LogP contribution in [0.1, 0.15) is 0 Å². The Hall–Kier alpha value is -0.804. The topological polar surface area (TPSA) is 42.9 Å². The Labute approximate surface area is 158 Å². The Balaban J connectivity index is 0.000000250. The van der Waals surface area contributed by atoms with E-state index in [1.807, 2.05) is 36.4 Å².